The van der Waals surface area contributed by atoms with Gasteiger partial charge in [-0.25, -0.2) is 0 Å². The van der Waals surface area contributed by atoms with Crippen molar-refractivity contribution in [1.29, 1.82) is 0 Å². The van der Waals surface area contributed by atoms with Crippen molar-refractivity contribution in [2.24, 2.45) is 10.9 Å². The molecular formula is C19H38IN5O. The van der Waals surface area contributed by atoms with Gasteiger partial charge in [0.2, 0.25) is 5.91 Å². The van der Waals surface area contributed by atoms with E-state index in [9.17, 15) is 4.79 Å². The lowest BCUT2D eigenvalue weighted by Crippen LogP contribution is -2.53. The van der Waals surface area contributed by atoms with Crippen LogP contribution in [0.4, 0.5) is 0 Å². The molecule has 152 valence electrons. The number of guanidine groups is 1. The molecular weight excluding hydrogens is 441 g/mol. The summed E-state index contributed by atoms with van der Waals surface area (Å²) < 4.78 is 0. The van der Waals surface area contributed by atoms with Crippen molar-refractivity contribution in [3.8, 4) is 0 Å². The highest BCUT2D eigenvalue weighted by atomic mass is 127. The van der Waals surface area contributed by atoms with Gasteiger partial charge in [0.1, 0.15) is 0 Å². The Morgan fingerprint density at radius 3 is 2.19 bits per heavy atom. The van der Waals surface area contributed by atoms with Crippen LogP contribution in [0, 0.1) is 5.92 Å². The highest BCUT2D eigenvalue weighted by molar-refractivity contribution is 14.0. The van der Waals surface area contributed by atoms with Crippen LogP contribution in [-0.4, -0.2) is 86.0 Å². The fourth-order valence-corrected chi connectivity index (χ4v) is 4.09. The number of likely N-dealkylation sites (N-methyl/N-ethyl adjacent to an activating group) is 1. The summed E-state index contributed by atoms with van der Waals surface area (Å²) in [5, 5.41) is 3.45. The third-order valence-corrected chi connectivity index (χ3v) is 5.64. The zero-order valence-electron chi connectivity index (χ0n) is 17.0. The quantitative estimate of drug-likeness (QED) is 0.374. The zero-order valence-corrected chi connectivity index (χ0v) is 19.4. The molecule has 0 radical (unpaired) electrons. The second-order valence-electron chi connectivity index (χ2n) is 7.62. The molecule has 0 aromatic rings. The molecule has 2 fully saturated rings. The Morgan fingerprint density at radius 2 is 1.69 bits per heavy atom. The van der Waals surface area contributed by atoms with Crippen LogP contribution in [0.15, 0.2) is 4.99 Å². The Labute approximate surface area is 176 Å². The molecule has 1 aliphatic heterocycles. The fraction of sp³-hybridized carbons (Fsp3) is 0.895. The molecule has 1 unspecified atom stereocenters. The minimum atomic E-state index is 0. The minimum absolute atomic E-state index is 0. The van der Waals surface area contributed by atoms with Crippen LogP contribution in [0.3, 0.4) is 0 Å². The summed E-state index contributed by atoms with van der Waals surface area (Å²) in [5.74, 6) is 1.95. The van der Waals surface area contributed by atoms with Gasteiger partial charge in [0, 0.05) is 45.7 Å². The van der Waals surface area contributed by atoms with E-state index >= 15 is 0 Å². The number of hydrogen-bond donors (Lipinski definition) is 1. The van der Waals surface area contributed by atoms with Gasteiger partial charge in [-0.1, -0.05) is 19.3 Å². The van der Waals surface area contributed by atoms with Gasteiger partial charge < -0.3 is 20.0 Å². The number of nitrogens with one attached hydrogen (secondary N) is 1. The topological polar surface area (TPSA) is 51.2 Å². The van der Waals surface area contributed by atoms with Gasteiger partial charge in [-0.05, 0) is 39.8 Å². The number of aliphatic imine (C=N–C) groups is 1. The largest absolute Gasteiger partial charge is 0.357 e. The Balaban J connectivity index is 0.00000338. The molecule has 1 atom stereocenters. The van der Waals surface area contributed by atoms with Crippen LogP contribution in [-0.2, 0) is 4.79 Å². The van der Waals surface area contributed by atoms with E-state index in [4.69, 9.17) is 4.99 Å². The first-order valence-electron chi connectivity index (χ1n) is 9.98. The molecule has 1 N–H and O–H groups in total. The maximum absolute atomic E-state index is 11.5. The maximum atomic E-state index is 11.5. The lowest BCUT2D eigenvalue weighted by atomic mass is 9.83. The number of amides is 1. The number of rotatable bonds is 5. The second-order valence-corrected chi connectivity index (χ2v) is 7.62. The van der Waals surface area contributed by atoms with E-state index in [-0.39, 0.29) is 29.9 Å². The van der Waals surface area contributed by atoms with E-state index in [0.29, 0.717) is 6.04 Å². The zero-order chi connectivity index (χ0) is 18.2. The van der Waals surface area contributed by atoms with Crippen molar-refractivity contribution >= 4 is 35.8 Å². The molecule has 0 spiro atoms. The smallest absolute Gasteiger partial charge is 0.219 e. The predicted molar refractivity (Wildman–Crippen MR) is 119 cm³/mol. The van der Waals surface area contributed by atoms with E-state index in [1.165, 1.54) is 32.1 Å². The molecule has 1 saturated heterocycles. The molecule has 26 heavy (non-hydrogen) atoms. The number of halogens is 1. The van der Waals surface area contributed by atoms with Crippen LogP contribution in [0.1, 0.15) is 46.0 Å². The van der Waals surface area contributed by atoms with E-state index in [2.05, 4.69) is 36.1 Å². The van der Waals surface area contributed by atoms with Crippen molar-refractivity contribution in [2.45, 2.75) is 52.0 Å². The first-order chi connectivity index (χ1) is 12.0. The van der Waals surface area contributed by atoms with Gasteiger partial charge in [0.05, 0.1) is 6.54 Å². The summed E-state index contributed by atoms with van der Waals surface area (Å²) in [6.07, 6.45) is 6.80. The van der Waals surface area contributed by atoms with Gasteiger partial charge in [0.25, 0.3) is 0 Å². The number of carbonyl (C=O) groups is 1. The third-order valence-electron chi connectivity index (χ3n) is 5.64. The highest BCUT2D eigenvalue weighted by Crippen LogP contribution is 2.28. The summed E-state index contributed by atoms with van der Waals surface area (Å²) in [6.45, 7) is 8.81. The van der Waals surface area contributed by atoms with E-state index in [1.807, 2.05) is 4.90 Å². The van der Waals surface area contributed by atoms with Gasteiger partial charge in [-0.3, -0.25) is 9.79 Å². The van der Waals surface area contributed by atoms with Crippen LogP contribution in [0.2, 0.25) is 0 Å². The summed E-state index contributed by atoms with van der Waals surface area (Å²) in [5.41, 5.74) is 0. The molecule has 1 saturated carbocycles. The summed E-state index contributed by atoms with van der Waals surface area (Å²) >= 11 is 0. The SMILES string of the molecule is CCNC(=NCC(C1CCCCC1)N(C)C)N1CCN(C(C)=O)CC1.I. The standard InChI is InChI=1S/C19H37N5O.HI/c1-5-20-19(24-13-11-23(12-14-24)16(2)25)21-15-18(22(3)4)17-9-7-6-8-10-17;/h17-18H,5-15H2,1-4H3,(H,20,21);1H. The normalized spacial score (nSPS) is 20.7. The third kappa shape index (κ3) is 6.87. The minimum Gasteiger partial charge on any atom is -0.357 e. The van der Waals surface area contributed by atoms with Gasteiger partial charge in [-0.15, -0.1) is 24.0 Å². The Morgan fingerprint density at radius 1 is 1.12 bits per heavy atom. The van der Waals surface area contributed by atoms with E-state index in [0.717, 1.165) is 51.1 Å². The van der Waals surface area contributed by atoms with Gasteiger partial charge in [0.15, 0.2) is 5.96 Å². The molecule has 2 rings (SSSR count). The first kappa shape index (κ1) is 23.5. The Kier molecular flexibility index (Phi) is 10.8. The average molecular weight is 479 g/mol. The molecule has 1 amide bonds. The lowest BCUT2D eigenvalue weighted by Gasteiger charge is -2.37. The highest BCUT2D eigenvalue weighted by Gasteiger charge is 2.26. The Bertz CT molecular complexity index is 443. The summed E-state index contributed by atoms with van der Waals surface area (Å²) in [4.78, 5) is 23.1. The van der Waals surface area contributed by atoms with Crippen molar-refractivity contribution < 1.29 is 4.79 Å². The van der Waals surface area contributed by atoms with Crippen molar-refractivity contribution in [3.63, 3.8) is 0 Å². The lowest BCUT2D eigenvalue weighted by molar-refractivity contribution is -0.130. The molecule has 0 bridgehead atoms. The molecule has 0 aromatic carbocycles. The number of piperazine rings is 1. The average Bonchev–Trinajstić information content (AvgIpc) is 2.61. The Hall–Kier alpha value is -0.570. The molecule has 1 heterocycles. The molecule has 2 aliphatic rings. The van der Waals surface area contributed by atoms with Crippen LogP contribution in [0.5, 0.6) is 0 Å². The monoisotopic (exact) mass is 479 g/mol. The predicted octanol–water partition coefficient (Wildman–Crippen LogP) is 2.24. The number of nitrogens with zero attached hydrogens (tertiary/aromatic N) is 4. The van der Waals surface area contributed by atoms with Gasteiger partial charge >= 0.3 is 0 Å². The number of hydrogen-bond acceptors (Lipinski definition) is 3. The van der Waals surface area contributed by atoms with E-state index in [1.54, 1.807) is 6.92 Å². The van der Waals surface area contributed by atoms with Crippen LogP contribution >= 0.6 is 24.0 Å². The fourth-order valence-electron chi connectivity index (χ4n) is 4.09. The number of carbonyl (C=O) groups excluding carboxylic acids is 1. The van der Waals surface area contributed by atoms with Crippen molar-refractivity contribution in [3.05, 3.63) is 0 Å². The molecule has 7 heteroatoms. The first-order valence-corrected chi connectivity index (χ1v) is 9.98. The maximum Gasteiger partial charge on any atom is 0.219 e. The molecule has 1 aliphatic carbocycles. The summed E-state index contributed by atoms with van der Waals surface area (Å²) in [7, 11) is 4.38. The van der Waals surface area contributed by atoms with E-state index < -0.39 is 0 Å². The van der Waals surface area contributed by atoms with Crippen LogP contribution < -0.4 is 5.32 Å². The van der Waals surface area contributed by atoms with Gasteiger partial charge in [-0.2, -0.15) is 0 Å². The van der Waals surface area contributed by atoms with Crippen molar-refractivity contribution in [1.82, 2.24) is 20.0 Å². The van der Waals surface area contributed by atoms with Crippen LogP contribution in [0.25, 0.3) is 0 Å². The van der Waals surface area contributed by atoms with Crippen molar-refractivity contribution in [2.75, 3.05) is 53.4 Å². The molecule has 6 nitrogen and oxygen atoms in total. The molecule has 0 aromatic heterocycles. The summed E-state index contributed by atoms with van der Waals surface area (Å²) in [6, 6.07) is 0.521. The second kappa shape index (κ2) is 12.0.